The first-order valence-corrected chi connectivity index (χ1v) is 10.9. The number of aromatic nitrogens is 3. The lowest BCUT2D eigenvalue weighted by Gasteiger charge is -2.20. The van der Waals surface area contributed by atoms with Crippen LogP contribution in [0.25, 0.3) is 11.0 Å². The van der Waals surface area contributed by atoms with E-state index in [1.807, 2.05) is 27.7 Å². The van der Waals surface area contributed by atoms with E-state index in [0.717, 1.165) is 13.1 Å². The van der Waals surface area contributed by atoms with Gasteiger partial charge in [0, 0.05) is 31.4 Å². The fourth-order valence-corrected chi connectivity index (χ4v) is 3.75. The Kier molecular flexibility index (Phi) is 6.75. The Morgan fingerprint density at radius 2 is 2.00 bits per heavy atom. The number of carbonyl (C=O) groups is 1. The van der Waals surface area contributed by atoms with Crippen LogP contribution in [-0.2, 0) is 6.54 Å². The normalized spacial score (nSPS) is 14.3. The van der Waals surface area contributed by atoms with Crippen LogP contribution in [0.15, 0.2) is 15.7 Å². The molecule has 164 valence electrons. The van der Waals surface area contributed by atoms with Crippen molar-refractivity contribution < 1.29 is 4.79 Å². The maximum Gasteiger partial charge on any atom is 0.330 e. The lowest BCUT2D eigenvalue weighted by Crippen LogP contribution is -2.37. The zero-order valence-corrected chi connectivity index (χ0v) is 18.6. The summed E-state index contributed by atoms with van der Waals surface area (Å²) in [7, 11) is 0. The van der Waals surface area contributed by atoms with Gasteiger partial charge in [-0.05, 0) is 37.3 Å². The van der Waals surface area contributed by atoms with Gasteiger partial charge >= 0.3 is 5.69 Å². The van der Waals surface area contributed by atoms with E-state index >= 15 is 0 Å². The molecule has 1 fully saturated rings. The van der Waals surface area contributed by atoms with E-state index < -0.39 is 11.2 Å². The monoisotopic (exact) mass is 415 g/mol. The second-order valence-electron chi connectivity index (χ2n) is 8.83. The molecule has 2 aromatic heterocycles. The molecule has 0 unspecified atom stereocenters. The van der Waals surface area contributed by atoms with Crippen molar-refractivity contribution in [2.75, 3.05) is 19.6 Å². The first-order valence-electron chi connectivity index (χ1n) is 10.9. The van der Waals surface area contributed by atoms with Crippen LogP contribution in [0.3, 0.4) is 0 Å². The number of amides is 1. The Labute approximate surface area is 176 Å². The van der Waals surface area contributed by atoms with Gasteiger partial charge in [-0.1, -0.05) is 34.6 Å². The summed E-state index contributed by atoms with van der Waals surface area (Å²) in [4.78, 5) is 47.5. The van der Waals surface area contributed by atoms with Crippen molar-refractivity contribution in [3.8, 4) is 0 Å². The average Bonchev–Trinajstić information content (AvgIpc) is 3.52. The van der Waals surface area contributed by atoms with Crippen LogP contribution in [0.1, 0.15) is 69.4 Å². The quantitative estimate of drug-likeness (QED) is 0.653. The highest BCUT2D eigenvalue weighted by Gasteiger charge is 2.27. The van der Waals surface area contributed by atoms with Crippen molar-refractivity contribution in [3.63, 3.8) is 0 Å². The number of rotatable bonds is 9. The fourth-order valence-electron chi connectivity index (χ4n) is 3.75. The Morgan fingerprint density at radius 1 is 1.30 bits per heavy atom. The number of likely N-dealkylation sites (N-methyl/N-ethyl adjacent to an activating group) is 1. The molecule has 0 saturated heterocycles. The maximum atomic E-state index is 13.1. The lowest BCUT2D eigenvalue weighted by atomic mass is 10.0. The fraction of sp³-hybridized carbons (Fsp3) is 0.636. The van der Waals surface area contributed by atoms with Crippen molar-refractivity contribution >= 4 is 16.9 Å². The van der Waals surface area contributed by atoms with E-state index in [2.05, 4.69) is 27.1 Å². The van der Waals surface area contributed by atoms with Crippen LogP contribution in [0, 0.1) is 5.92 Å². The summed E-state index contributed by atoms with van der Waals surface area (Å²) < 4.78 is 1.47. The molecule has 1 aliphatic carbocycles. The summed E-state index contributed by atoms with van der Waals surface area (Å²) in [5, 5.41) is 3.13. The van der Waals surface area contributed by atoms with Gasteiger partial charge in [-0.15, -0.1) is 0 Å². The Balaban J connectivity index is 2.00. The number of aromatic amines is 1. The molecule has 1 amide bonds. The average molecular weight is 416 g/mol. The summed E-state index contributed by atoms with van der Waals surface area (Å²) in [6, 6.07) is 2.31. The van der Waals surface area contributed by atoms with Crippen LogP contribution in [0.4, 0.5) is 0 Å². The molecule has 0 bridgehead atoms. The summed E-state index contributed by atoms with van der Waals surface area (Å²) in [6.45, 7) is 12.7. The Hall–Kier alpha value is -2.48. The minimum absolute atomic E-state index is 0.0493. The van der Waals surface area contributed by atoms with Crippen molar-refractivity contribution in [2.45, 2.75) is 66.0 Å². The molecule has 0 atom stereocenters. The minimum atomic E-state index is -0.573. The summed E-state index contributed by atoms with van der Waals surface area (Å²) in [5.74, 6) is -0.0780. The highest BCUT2D eigenvalue weighted by atomic mass is 16.2. The van der Waals surface area contributed by atoms with Crippen LogP contribution < -0.4 is 16.6 Å². The van der Waals surface area contributed by atoms with E-state index in [1.54, 1.807) is 6.07 Å². The third-order valence-electron chi connectivity index (χ3n) is 5.51. The van der Waals surface area contributed by atoms with E-state index in [1.165, 1.54) is 17.4 Å². The van der Waals surface area contributed by atoms with Gasteiger partial charge in [0.2, 0.25) is 0 Å². The van der Waals surface area contributed by atoms with Gasteiger partial charge in [-0.2, -0.15) is 0 Å². The minimum Gasteiger partial charge on any atom is -0.351 e. The van der Waals surface area contributed by atoms with Crippen LogP contribution in [-0.4, -0.2) is 51.0 Å². The molecule has 0 spiro atoms. The first kappa shape index (κ1) is 22.2. The van der Waals surface area contributed by atoms with Gasteiger partial charge in [0.15, 0.2) is 5.65 Å². The second-order valence-corrected chi connectivity index (χ2v) is 8.83. The maximum absolute atomic E-state index is 13.1. The van der Waals surface area contributed by atoms with Crippen LogP contribution in [0.2, 0.25) is 0 Å². The zero-order valence-electron chi connectivity index (χ0n) is 18.6. The number of hydrogen-bond acceptors (Lipinski definition) is 5. The largest absolute Gasteiger partial charge is 0.351 e. The number of fused-ring (bicyclic) bond motifs is 1. The molecule has 0 radical (unpaired) electrons. The third-order valence-corrected chi connectivity index (χ3v) is 5.51. The molecule has 8 nitrogen and oxygen atoms in total. The molecule has 2 heterocycles. The number of hydrogen-bond donors (Lipinski definition) is 2. The number of carbonyl (C=O) groups excluding carboxylic acids is 1. The molecule has 1 aliphatic rings. The zero-order chi connectivity index (χ0) is 22.0. The molecule has 0 aromatic carbocycles. The summed E-state index contributed by atoms with van der Waals surface area (Å²) >= 11 is 0. The van der Waals surface area contributed by atoms with E-state index in [4.69, 9.17) is 0 Å². The van der Waals surface area contributed by atoms with Crippen LogP contribution >= 0.6 is 0 Å². The lowest BCUT2D eigenvalue weighted by molar-refractivity contribution is 0.0949. The first-order chi connectivity index (χ1) is 14.2. The Bertz CT molecular complexity index is 1030. The number of pyridine rings is 1. The molecule has 2 N–H and O–H groups in total. The molecule has 2 aromatic rings. The number of nitrogens with one attached hydrogen (secondary N) is 2. The predicted molar refractivity (Wildman–Crippen MR) is 118 cm³/mol. The molecule has 30 heavy (non-hydrogen) atoms. The van der Waals surface area contributed by atoms with Crippen molar-refractivity contribution in [1.29, 1.82) is 0 Å². The highest BCUT2D eigenvalue weighted by molar-refractivity contribution is 6.05. The highest BCUT2D eigenvalue weighted by Crippen LogP contribution is 2.26. The third kappa shape index (κ3) is 4.80. The summed E-state index contributed by atoms with van der Waals surface area (Å²) in [6.07, 6.45) is 2.44. The van der Waals surface area contributed by atoms with Gasteiger partial charge in [0.1, 0.15) is 0 Å². The standard InChI is InChI=1S/C22H33N5O3/c1-6-26(15-7-8-15)10-9-23-20(28)16-11-17(14(4)5)24-19-18(16)21(29)25-22(30)27(19)12-13(2)3/h11,13-15H,6-10,12H2,1-5H3,(H,23,28)(H,25,29,30). The van der Waals surface area contributed by atoms with E-state index in [-0.39, 0.29) is 34.3 Å². The summed E-state index contributed by atoms with van der Waals surface area (Å²) in [5.41, 5.74) is 0.169. The van der Waals surface area contributed by atoms with Crippen molar-refractivity contribution in [3.05, 3.63) is 38.2 Å². The van der Waals surface area contributed by atoms with Crippen LogP contribution in [0.5, 0.6) is 0 Å². The predicted octanol–water partition coefficient (Wildman–Crippen LogP) is 2.08. The van der Waals surface area contributed by atoms with Gasteiger partial charge in [-0.25, -0.2) is 9.78 Å². The SMILES string of the molecule is CCN(CCNC(=O)c1cc(C(C)C)nc2c1c(=O)[nH]c(=O)n2CC(C)C)C1CC1. The number of nitrogens with zero attached hydrogens (tertiary/aromatic N) is 3. The molecule has 8 heteroatoms. The molecular weight excluding hydrogens is 382 g/mol. The van der Waals surface area contributed by atoms with Gasteiger partial charge in [0.25, 0.3) is 11.5 Å². The molecule has 3 rings (SSSR count). The molecule has 0 aliphatic heterocycles. The van der Waals surface area contributed by atoms with Gasteiger partial charge in [0.05, 0.1) is 10.9 Å². The molecular formula is C22H33N5O3. The van der Waals surface area contributed by atoms with E-state index in [0.29, 0.717) is 24.8 Å². The van der Waals surface area contributed by atoms with Crippen molar-refractivity contribution in [2.24, 2.45) is 5.92 Å². The van der Waals surface area contributed by atoms with E-state index in [9.17, 15) is 14.4 Å². The Morgan fingerprint density at radius 3 is 2.57 bits per heavy atom. The second kappa shape index (κ2) is 9.12. The van der Waals surface area contributed by atoms with Gasteiger partial charge in [-0.3, -0.25) is 24.0 Å². The van der Waals surface area contributed by atoms with Crippen molar-refractivity contribution in [1.82, 2.24) is 24.8 Å². The van der Waals surface area contributed by atoms with Gasteiger partial charge < -0.3 is 5.32 Å². The smallest absolute Gasteiger partial charge is 0.330 e. The number of H-pyrrole nitrogens is 1. The topological polar surface area (TPSA) is 100 Å². The molecule has 1 saturated carbocycles.